The van der Waals surface area contributed by atoms with Gasteiger partial charge in [-0.05, 0) is 55.2 Å². The van der Waals surface area contributed by atoms with Crippen LogP contribution in [0.15, 0.2) is 90.5 Å². The Morgan fingerprint density at radius 3 is 2.23 bits per heavy atom. The summed E-state index contributed by atoms with van der Waals surface area (Å²) in [5.41, 5.74) is -3.81. The van der Waals surface area contributed by atoms with Gasteiger partial charge < -0.3 is 19.9 Å². The Hall–Kier alpha value is -4.92. The first-order valence-corrected chi connectivity index (χ1v) is 16.6. The van der Waals surface area contributed by atoms with E-state index in [4.69, 9.17) is 9.47 Å². The molecule has 2 aromatic heterocycles. The highest BCUT2D eigenvalue weighted by atomic mass is 19.4. The molecule has 4 rings (SSSR count). The van der Waals surface area contributed by atoms with Gasteiger partial charge in [0.15, 0.2) is 0 Å². The number of halogens is 6. The monoisotopic (exact) mass is 734 g/mol. The summed E-state index contributed by atoms with van der Waals surface area (Å²) in [6, 6.07) is 15.3. The van der Waals surface area contributed by atoms with Gasteiger partial charge in [0.1, 0.15) is 23.7 Å². The molecule has 1 aliphatic rings. The van der Waals surface area contributed by atoms with E-state index in [1.165, 1.54) is 18.5 Å². The molecule has 3 heterocycles. The first-order valence-electron chi connectivity index (χ1n) is 16.6. The number of amides is 3. The minimum absolute atomic E-state index is 0.0112. The van der Waals surface area contributed by atoms with Crippen molar-refractivity contribution in [3.8, 4) is 11.6 Å². The number of imide groups is 1. The highest BCUT2D eigenvalue weighted by molar-refractivity contribution is 6.07. The molecule has 2 unspecified atom stereocenters. The number of alkyl halides is 6. The summed E-state index contributed by atoms with van der Waals surface area (Å²) in [5, 5.41) is 12.5. The normalized spacial score (nSPS) is 18.0. The van der Waals surface area contributed by atoms with E-state index in [2.05, 4.69) is 15.3 Å². The SMILES string of the molecule is CCC/C(CC)=C(/C=C\C(C)C(O)(C(F)(F)F)C(F)(F)F)Oc1ccc(CCN2C(=O)NC(C)(c3ccc(OCc4ccccc4)nc3)C2=O)nc1. The van der Waals surface area contributed by atoms with Gasteiger partial charge in [0, 0.05) is 42.4 Å². The molecule has 0 bridgehead atoms. The van der Waals surface area contributed by atoms with Crippen molar-refractivity contribution in [1.82, 2.24) is 20.2 Å². The maximum Gasteiger partial charge on any atom is 0.426 e. The van der Waals surface area contributed by atoms with E-state index in [0.717, 1.165) is 16.5 Å². The maximum absolute atomic E-state index is 13.4. The van der Waals surface area contributed by atoms with Crippen molar-refractivity contribution in [3.05, 3.63) is 107 Å². The van der Waals surface area contributed by atoms with Gasteiger partial charge in [-0.2, -0.15) is 26.3 Å². The van der Waals surface area contributed by atoms with Crippen LogP contribution in [0.3, 0.4) is 0 Å². The average Bonchev–Trinajstić information content (AvgIpc) is 3.33. The fourth-order valence-electron chi connectivity index (χ4n) is 5.61. The number of rotatable bonds is 15. The van der Waals surface area contributed by atoms with Crippen LogP contribution in [0.25, 0.3) is 0 Å². The van der Waals surface area contributed by atoms with Gasteiger partial charge in [0.25, 0.3) is 11.5 Å². The molecule has 1 saturated heterocycles. The average molecular weight is 735 g/mol. The number of pyridine rings is 2. The Balaban J connectivity index is 1.42. The van der Waals surface area contributed by atoms with E-state index in [1.807, 2.05) is 37.3 Å². The summed E-state index contributed by atoms with van der Waals surface area (Å²) >= 11 is 0. The number of carbonyl (C=O) groups is 2. The lowest BCUT2D eigenvalue weighted by Gasteiger charge is -2.35. The van der Waals surface area contributed by atoms with Crippen LogP contribution < -0.4 is 14.8 Å². The fourth-order valence-corrected chi connectivity index (χ4v) is 5.61. The third kappa shape index (κ3) is 8.75. The van der Waals surface area contributed by atoms with Crippen molar-refractivity contribution < 1.29 is 50.5 Å². The number of nitrogens with one attached hydrogen (secondary N) is 1. The van der Waals surface area contributed by atoms with Crippen LogP contribution in [0, 0.1) is 5.92 Å². The largest absolute Gasteiger partial charge is 0.473 e. The summed E-state index contributed by atoms with van der Waals surface area (Å²) in [5.74, 6) is -2.36. The van der Waals surface area contributed by atoms with Crippen molar-refractivity contribution in [2.45, 2.75) is 83.5 Å². The number of benzene rings is 1. The molecule has 1 fully saturated rings. The third-order valence-electron chi connectivity index (χ3n) is 8.82. The molecule has 3 amide bonds. The van der Waals surface area contributed by atoms with Crippen molar-refractivity contribution in [3.63, 3.8) is 0 Å². The Labute approximate surface area is 297 Å². The Kier molecular flexibility index (Phi) is 12.4. The van der Waals surface area contributed by atoms with Crippen LogP contribution in [-0.4, -0.2) is 56.4 Å². The maximum atomic E-state index is 13.4. The zero-order valence-corrected chi connectivity index (χ0v) is 29.0. The highest BCUT2D eigenvalue weighted by Gasteiger charge is 2.72. The number of aromatic nitrogens is 2. The fraction of sp³-hybridized carbons (Fsp3) is 0.405. The molecule has 1 aromatic carbocycles. The van der Waals surface area contributed by atoms with Gasteiger partial charge in [-0.3, -0.25) is 14.7 Å². The van der Waals surface area contributed by atoms with E-state index in [9.17, 15) is 41.0 Å². The zero-order valence-electron chi connectivity index (χ0n) is 29.0. The van der Waals surface area contributed by atoms with Crippen molar-refractivity contribution in [2.24, 2.45) is 5.92 Å². The smallest absolute Gasteiger partial charge is 0.426 e. The second kappa shape index (κ2) is 16.2. The molecule has 15 heteroatoms. The zero-order chi connectivity index (χ0) is 38.3. The van der Waals surface area contributed by atoms with Crippen molar-refractivity contribution in [1.29, 1.82) is 0 Å². The quantitative estimate of drug-likeness (QED) is 0.0705. The van der Waals surface area contributed by atoms with Crippen molar-refractivity contribution >= 4 is 11.9 Å². The highest BCUT2D eigenvalue weighted by Crippen LogP contribution is 2.48. The van der Waals surface area contributed by atoms with E-state index < -0.39 is 41.3 Å². The van der Waals surface area contributed by atoms with E-state index in [0.29, 0.717) is 61.6 Å². The third-order valence-corrected chi connectivity index (χ3v) is 8.82. The molecule has 9 nitrogen and oxygen atoms in total. The molecule has 0 spiro atoms. The first-order chi connectivity index (χ1) is 24.4. The molecule has 2 atom stereocenters. The molecule has 0 aliphatic carbocycles. The number of carbonyl (C=O) groups excluding carboxylic acids is 2. The van der Waals surface area contributed by atoms with Gasteiger partial charge >= 0.3 is 18.4 Å². The second-order valence-electron chi connectivity index (χ2n) is 12.5. The number of nitrogens with zero attached hydrogens (tertiary/aromatic N) is 3. The lowest BCUT2D eigenvalue weighted by Crippen LogP contribution is -2.60. The molecule has 0 saturated carbocycles. The van der Waals surface area contributed by atoms with Gasteiger partial charge in [-0.1, -0.05) is 63.6 Å². The van der Waals surface area contributed by atoms with E-state index >= 15 is 0 Å². The topological polar surface area (TPSA) is 114 Å². The number of aliphatic hydroxyl groups is 1. The summed E-state index contributed by atoms with van der Waals surface area (Å²) in [7, 11) is 0. The van der Waals surface area contributed by atoms with Gasteiger partial charge in [-0.25, -0.2) is 9.78 Å². The molecule has 0 radical (unpaired) electrons. The standard InChI is InChI=1S/C37H40F6N4O5/c1-5-10-26(6-2)30(17-13-24(3)35(50,36(38,39)40)37(41,42)43)52-29-16-15-28(44-22-29)19-20-47-32(48)34(4,46-33(47)49)27-14-18-31(45-21-27)51-23-25-11-8-7-9-12-25/h7-9,11-18,21-22,24,50H,5-6,10,19-20,23H2,1-4H3,(H,46,49)/b17-13-,30-26-. The lowest BCUT2D eigenvalue weighted by atomic mass is 9.86. The summed E-state index contributed by atoms with van der Waals surface area (Å²) in [6.45, 7) is 6.12. The molecule has 52 heavy (non-hydrogen) atoms. The Morgan fingerprint density at radius 1 is 0.981 bits per heavy atom. The van der Waals surface area contributed by atoms with Crippen LogP contribution in [0.5, 0.6) is 11.6 Å². The second-order valence-corrected chi connectivity index (χ2v) is 12.5. The molecular weight excluding hydrogens is 694 g/mol. The Bertz CT molecular complexity index is 1730. The molecule has 2 N–H and O–H groups in total. The summed E-state index contributed by atoms with van der Waals surface area (Å²) in [4.78, 5) is 36.0. The van der Waals surface area contributed by atoms with E-state index in [1.54, 1.807) is 32.0 Å². The minimum Gasteiger partial charge on any atom is -0.473 e. The van der Waals surface area contributed by atoms with Crippen LogP contribution >= 0.6 is 0 Å². The predicted molar refractivity (Wildman–Crippen MR) is 179 cm³/mol. The van der Waals surface area contributed by atoms with Crippen LogP contribution in [0.1, 0.15) is 63.8 Å². The minimum atomic E-state index is -5.98. The van der Waals surface area contributed by atoms with Gasteiger partial charge in [0.05, 0.1) is 6.20 Å². The number of urea groups is 1. The summed E-state index contributed by atoms with van der Waals surface area (Å²) in [6.07, 6.45) is -5.90. The van der Waals surface area contributed by atoms with Crippen LogP contribution in [-0.2, 0) is 23.4 Å². The van der Waals surface area contributed by atoms with Crippen LogP contribution in [0.2, 0.25) is 0 Å². The van der Waals surface area contributed by atoms with E-state index in [-0.39, 0.29) is 24.5 Å². The molecule has 1 aliphatic heterocycles. The first kappa shape index (κ1) is 39.9. The molecule has 280 valence electrons. The molecular formula is C37H40F6N4O5. The van der Waals surface area contributed by atoms with Crippen molar-refractivity contribution in [2.75, 3.05) is 6.54 Å². The molecule has 3 aromatic rings. The number of hydrogen-bond donors (Lipinski definition) is 2. The van der Waals surface area contributed by atoms with Crippen LogP contribution in [0.4, 0.5) is 31.1 Å². The number of ether oxygens (including phenoxy) is 2. The lowest BCUT2D eigenvalue weighted by molar-refractivity contribution is -0.378. The summed E-state index contributed by atoms with van der Waals surface area (Å²) < 4.78 is 92.0. The Morgan fingerprint density at radius 2 is 1.67 bits per heavy atom. The van der Waals surface area contributed by atoms with Gasteiger partial charge in [-0.15, -0.1) is 0 Å². The predicted octanol–water partition coefficient (Wildman–Crippen LogP) is 7.96. The number of hydrogen-bond acceptors (Lipinski definition) is 7. The van der Waals surface area contributed by atoms with Gasteiger partial charge in [0.2, 0.25) is 5.88 Å². The number of allylic oxidation sites excluding steroid dienone is 2.